The van der Waals surface area contributed by atoms with Gasteiger partial charge in [0.15, 0.2) is 5.16 Å². The van der Waals surface area contributed by atoms with Crippen LogP contribution >= 0.6 is 11.8 Å². The van der Waals surface area contributed by atoms with Crippen molar-refractivity contribution in [1.29, 1.82) is 0 Å². The van der Waals surface area contributed by atoms with E-state index in [9.17, 15) is 14.0 Å². The molecule has 2 atom stereocenters. The summed E-state index contributed by atoms with van der Waals surface area (Å²) < 4.78 is 15.1. The van der Waals surface area contributed by atoms with Crippen LogP contribution in [0.1, 0.15) is 60.9 Å². The molecular formula is C23H26FN3O2S. The summed E-state index contributed by atoms with van der Waals surface area (Å²) in [6, 6.07) is 6.55. The summed E-state index contributed by atoms with van der Waals surface area (Å²) >= 11 is 1.59. The first-order valence-corrected chi connectivity index (χ1v) is 11.9. The van der Waals surface area contributed by atoms with Gasteiger partial charge in [-0.2, -0.15) is 0 Å². The molecule has 5 nitrogen and oxygen atoms in total. The molecule has 0 saturated carbocycles. The predicted octanol–water partition coefficient (Wildman–Crippen LogP) is 3.70. The first kappa shape index (κ1) is 19.8. The highest BCUT2D eigenvalue weighted by molar-refractivity contribution is 7.99. The fourth-order valence-electron chi connectivity index (χ4n) is 5.01. The van der Waals surface area contributed by atoms with E-state index in [1.807, 2.05) is 17.0 Å². The van der Waals surface area contributed by atoms with Crippen LogP contribution in [0.25, 0.3) is 0 Å². The second kappa shape index (κ2) is 8.17. The lowest BCUT2D eigenvalue weighted by Gasteiger charge is -2.26. The minimum atomic E-state index is -0.233. The molecule has 0 N–H and O–H groups in total. The number of nitrogens with zero attached hydrogens (tertiary/aromatic N) is 3. The van der Waals surface area contributed by atoms with E-state index in [-0.39, 0.29) is 29.2 Å². The summed E-state index contributed by atoms with van der Waals surface area (Å²) in [5, 5.41) is 0.776. The molecule has 0 bridgehead atoms. The number of hydrogen-bond acceptors (Lipinski definition) is 4. The van der Waals surface area contributed by atoms with Gasteiger partial charge in [0.2, 0.25) is 5.91 Å². The monoisotopic (exact) mass is 427 g/mol. The van der Waals surface area contributed by atoms with Gasteiger partial charge in [-0.15, -0.1) is 0 Å². The Morgan fingerprint density at radius 2 is 2.00 bits per heavy atom. The van der Waals surface area contributed by atoms with Gasteiger partial charge < -0.3 is 4.90 Å². The molecule has 30 heavy (non-hydrogen) atoms. The van der Waals surface area contributed by atoms with Crippen molar-refractivity contribution in [2.24, 2.45) is 0 Å². The molecule has 7 heteroatoms. The molecule has 5 rings (SSSR count). The van der Waals surface area contributed by atoms with E-state index in [4.69, 9.17) is 4.98 Å². The smallest absolute Gasteiger partial charge is 0.257 e. The Labute approximate surface area is 179 Å². The maximum atomic E-state index is 13.3. The molecule has 1 aromatic heterocycles. The van der Waals surface area contributed by atoms with Crippen LogP contribution in [0.15, 0.2) is 34.2 Å². The van der Waals surface area contributed by atoms with Gasteiger partial charge in [-0.3, -0.25) is 14.2 Å². The van der Waals surface area contributed by atoms with Crippen molar-refractivity contribution in [2.45, 2.75) is 62.1 Å². The number of fused-ring (bicyclic) bond motifs is 2. The van der Waals surface area contributed by atoms with Crippen LogP contribution in [0.5, 0.6) is 0 Å². The summed E-state index contributed by atoms with van der Waals surface area (Å²) in [4.78, 5) is 32.9. The van der Waals surface area contributed by atoms with E-state index in [1.165, 1.54) is 12.1 Å². The molecule has 0 unspecified atom stereocenters. The van der Waals surface area contributed by atoms with Crippen molar-refractivity contribution in [3.05, 3.63) is 57.3 Å². The van der Waals surface area contributed by atoms with Crippen LogP contribution in [0.4, 0.5) is 4.39 Å². The van der Waals surface area contributed by atoms with E-state index < -0.39 is 0 Å². The third kappa shape index (κ3) is 3.68. The average Bonchev–Trinajstić information content (AvgIpc) is 3.29. The largest absolute Gasteiger partial charge is 0.342 e. The van der Waals surface area contributed by atoms with Crippen molar-refractivity contribution in [3.8, 4) is 0 Å². The Morgan fingerprint density at radius 3 is 2.83 bits per heavy atom. The maximum absolute atomic E-state index is 13.3. The molecule has 158 valence electrons. The average molecular weight is 428 g/mol. The minimum absolute atomic E-state index is 0.0651. The topological polar surface area (TPSA) is 55.2 Å². The zero-order valence-electron chi connectivity index (χ0n) is 17.0. The number of aryl methyl sites for hydroxylation is 1. The van der Waals surface area contributed by atoms with E-state index in [0.29, 0.717) is 13.0 Å². The maximum Gasteiger partial charge on any atom is 0.257 e. The quantitative estimate of drug-likeness (QED) is 0.701. The standard InChI is InChI=1S/C23H26FN3O2S/c24-17-9-7-15(8-10-17)16-4-1-2-11-26(13-16)21(28)12-18-14-30-23-25-20-6-3-5-19(20)22(29)27(18)23/h7-10,16,18H,1-6,11-14H2/t16-,18-/m0/s1. The zero-order valence-corrected chi connectivity index (χ0v) is 17.8. The van der Waals surface area contributed by atoms with Gasteiger partial charge in [0.25, 0.3) is 5.56 Å². The van der Waals surface area contributed by atoms with Crippen LogP contribution in [0.2, 0.25) is 0 Å². The van der Waals surface area contributed by atoms with Crippen LogP contribution in [-0.2, 0) is 17.6 Å². The number of hydrogen-bond donors (Lipinski definition) is 0. The summed E-state index contributed by atoms with van der Waals surface area (Å²) in [6.45, 7) is 1.41. The first-order valence-electron chi connectivity index (χ1n) is 10.9. The molecule has 0 radical (unpaired) electrons. The van der Waals surface area contributed by atoms with E-state index in [0.717, 1.165) is 72.8 Å². The van der Waals surface area contributed by atoms with Gasteiger partial charge in [0.1, 0.15) is 5.82 Å². The molecule has 1 amide bonds. The molecular weight excluding hydrogens is 401 g/mol. The molecule has 3 aliphatic rings. The molecule has 2 aromatic rings. The highest BCUT2D eigenvalue weighted by Crippen LogP contribution is 2.35. The molecule has 1 fully saturated rings. The van der Waals surface area contributed by atoms with E-state index >= 15 is 0 Å². The summed E-state index contributed by atoms with van der Waals surface area (Å²) in [5.74, 6) is 0.833. The first-order chi connectivity index (χ1) is 14.6. The van der Waals surface area contributed by atoms with Crippen molar-refractivity contribution in [3.63, 3.8) is 0 Å². The van der Waals surface area contributed by atoms with Crippen molar-refractivity contribution >= 4 is 17.7 Å². The number of halogens is 1. The second-order valence-corrected chi connectivity index (χ2v) is 9.59. The van der Waals surface area contributed by atoms with Gasteiger partial charge in [-0.25, -0.2) is 9.37 Å². The number of benzene rings is 1. The number of rotatable bonds is 3. The van der Waals surface area contributed by atoms with Crippen LogP contribution in [-0.4, -0.2) is 39.2 Å². The lowest BCUT2D eigenvalue weighted by molar-refractivity contribution is -0.132. The number of carbonyl (C=O) groups excluding carboxylic acids is 1. The lowest BCUT2D eigenvalue weighted by atomic mass is 9.94. The molecule has 2 aliphatic heterocycles. The third-order valence-corrected chi connectivity index (χ3v) is 7.75. The number of likely N-dealkylation sites (tertiary alicyclic amines) is 1. The fraction of sp³-hybridized carbons (Fsp3) is 0.522. The Hall–Kier alpha value is -2.15. The minimum Gasteiger partial charge on any atom is -0.342 e. The number of carbonyl (C=O) groups is 1. The summed E-state index contributed by atoms with van der Waals surface area (Å²) in [5.41, 5.74) is 2.97. The Morgan fingerprint density at radius 1 is 1.17 bits per heavy atom. The molecule has 1 aliphatic carbocycles. The van der Waals surface area contributed by atoms with Gasteiger partial charge in [0, 0.05) is 36.7 Å². The molecule has 0 spiro atoms. The fourth-order valence-corrected chi connectivity index (χ4v) is 6.16. The summed E-state index contributed by atoms with van der Waals surface area (Å²) in [6.07, 6.45) is 6.08. The summed E-state index contributed by atoms with van der Waals surface area (Å²) in [7, 11) is 0. The highest BCUT2D eigenvalue weighted by atomic mass is 32.2. The van der Waals surface area contributed by atoms with Crippen LogP contribution < -0.4 is 5.56 Å². The third-order valence-electron chi connectivity index (χ3n) is 6.65. The lowest BCUT2D eigenvalue weighted by Crippen LogP contribution is -2.37. The molecule has 1 aromatic carbocycles. The molecule has 1 saturated heterocycles. The predicted molar refractivity (Wildman–Crippen MR) is 114 cm³/mol. The van der Waals surface area contributed by atoms with E-state index in [2.05, 4.69) is 0 Å². The zero-order chi connectivity index (χ0) is 20.7. The number of thioether (sulfide) groups is 1. The Balaban J connectivity index is 1.32. The van der Waals surface area contributed by atoms with Crippen molar-refractivity contribution in [2.75, 3.05) is 18.8 Å². The second-order valence-electron chi connectivity index (χ2n) is 8.60. The number of amides is 1. The van der Waals surface area contributed by atoms with Crippen molar-refractivity contribution in [1.82, 2.24) is 14.5 Å². The SMILES string of the molecule is O=C(C[C@H]1CSc2nc3c(c(=O)n21)CCC3)N1CCCC[C@H](c2ccc(F)cc2)C1. The van der Waals surface area contributed by atoms with Gasteiger partial charge >= 0.3 is 0 Å². The van der Waals surface area contributed by atoms with Gasteiger partial charge in [-0.05, 0) is 49.8 Å². The normalized spacial score (nSPS) is 23.2. The van der Waals surface area contributed by atoms with E-state index in [1.54, 1.807) is 16.3 Å². The molecule has 3 heterocycles. The number of aromatic nitrogens is 2. The Bertz CT molecular complexity index is 1020. The Kier molecular flexibility index (Phi) is 5.39. The highest BCUT2D eigenvalue weighted by Gasteiger charge is 2.33. The van der Waals surface area contributed by atoms with Gasteiger partial charge in [-0.1, -0.05) is 30.3 Å². The van der Waals surface area contributed by atoms with Crippen molar-refractivity contribution < 1.29 is 9.18 Å². The van der Waals surface area contributed by atoms with Crippen LogP contribution in [0.3, 0.4) is 0 Å². The van der Waals surface area contributed by atoms with Gasteiger partial charge in [0.05, 0.1) is 11.7 Å². The van der Waals surface area contributed by atoms with Crippen LogP contribution in [0, 0.1) is 5.82 Å².